The van der Waals surface area contributed by atoms with Gasteiger partial charge in [0.2, 0.25) is 0 Å². The Labute approximate surface area is 129 Å². The van der Waals surface area contributed by atoms with E-state index < -0.39 is 0 Å². The molecule has 1 fully saturated rings. The highest BCUT2D eigenvalue weighted by Gasteiger charge is 2.36. The number of furan rings is 1. The van der Waals surface area contributed by atoms with E-state index in [1.807, 2.05) is 0 Å². The van der Waals surface area contributed by atoms with Crippen LogP contribution < -0.4 is 5.32 Å². The first-order valence-electron chi connectivity index (χ1n) is 8.80. The molecule has 0 aromatic carbocycles. The standard InChI is InChI=1S/C19H31NO/c1-13-10-16-17(11-19(3,4)12-18(16)21-13)20-14(2)15-8-6-5-7-9-15/h10,14-15,17,20H,5-9,11-12H2,1-4H3. The number of fused-ring (bicyclic) bond motifs is 1. The van der Waals surface area contributed by atoms with Crippen molar-refractivity contribution in [1.82, 2.24) is 5.32 Å². The fraction of sp³-hybridized carbons (Fsp3) is 0.789. The third kappa shape index (κ3) is 3.36. The molecule has 1 aromatic heterocycles. The van der Waals surface area contributed by atoms with Crippen LogP contribution in [0.2, 0.25) is 0 Å². The van der Waals surface area contributed by atoms with E-state index in [1.54, 1.807) is 0 Å². The minimum atomic E-state index is 0.335. The number of hydrogen-bond acceptors (Lipinski definition) is 2. The zero-order chi connectivity index (χ0) is 15.0. The molecule has 2 nitrogen and oxygen atoms in total. The highest BCUT2D eigenvalue weighted by atomic mass is 16.3. The highest BCUT2D eigenvalue weighted by molar-refractivity contribution is 5.29. The smallest absolute Gasteiger partial charge is 0.109 e. The van der Waals surface area contributed by atoms with Crippen LogP contribution in [0.15, 0.2) is 10.5 Å². The van der Waals surface area contributed by atoms with Crippen molar-refractivity contribution in [2.24, 2.45) is 11.3 Å². The van der Waals surface area contributed by atoms with Crippen molar-refractivity contribution < 1.29 is 4.42 Å². The van der Waals surface area contributed by atoms with E-state index >= 15 is 0 Å². The molecule has 118 valence electrons. The average molecular weight is 289 g/mol. The van der Waals surface area contributed by atoms with Crippen LogP contribution in [-0.2, 0) is 6.42 Å². The van der Waals surface area contributed by atoms with Gasteiger partial charge in [-0.25, -0.2) is 0 Å². The molecule has 1 saturated carbocycles. The van der Waals surface area contributed by atoms with Gasteiger partial charge in [-0.2, -0.15) is 0 Å². The lowest BCUT2D eigenvalue weighted by Gasteiger charge is -2.38. The van der Waals surface area contributed by atoms with E-state index in [1.165, 1.54) is 49.8 Å². The Morgan fingerprint density at radius 1 is 1.24 bits per heavy atom. The zero-order valence-electron chi connectivity index (χ0n) is 14.2. The third-order valence-electron chi connectivity index (χ3n) is 5.56. The maximum absolute atomic E-state index is 5.96. The van der Waals surface area contributed by atoms with Crippen LogP contribution in [0.3, 0.4) is 0 Å². The maximum atomic E-state index is 5.96. The number of aryl methyl sites for hydroxylation is 1. The molecule has 0 spiro atoms. The Hall–Kier alpha value is -0.760. The molecule has 2 aliphatic rings. The van der Waals surface area contributed by atoms with E-state index in [0.29, 0.717) is 17.5 Å². The second-order valence-electron chi connectivity index (χ2n) is 8.19. The molecular formula is C19H31NO. The quantitative estimate of drug-likeness (QED) is 0.831. The summed E-state index contributed by atoms with van der Waals surface area (Å²) in [4.78, 5) is 0. The molecule has 1 heterocycles. The first kappa shape index (κ1) is 15.1. The summed E-state index contributed by atoms with van der Waals surface area (Å²) in [7, 11) is 0. The van der Waals surface area contributed by atoms with Crippen molar-refractivity contribution in [3.63, 3.8) is 0 Å². The third-order valence-corrected chi connectivity index (χ3v) is 5.56. The van der Waals surface area contributed by atoms with Gasteiger partial charge in [0.1, 0.15) is 11.5 Å². The first-order valence-corrected chi connectivity index (χ1v) is 8.80. The average Bonchev–Trinajstić information content (AvgIpc) is 2.78. The Bertz CT molecular complexity index is 482. The van der Waals surface area contributed by atoms with Gasteiger partial charge in [-0.1, -0.05) is 33.1 Å². The van der Waals surface area contributed by atoms with Crippen LogP contribution in [-0.4, -0.2) is 6.04 Å². The fourth-order valence-corrected chi connectivity index (χ4v) is 4.42. The molecule has 2 unspecified atom stereocenters. The SMILES string of the molecule is Cc1cc2c(o1)CC(C)(C)CC2NC(C)C1CCCCC1. The van der Waals surface area contributed by atoms with Gasteiger partial charge >= 0.3 is 0 Å². The second-order valence-corrected chi connectivity index (χ2v) is 8.19. The van der Waals surface area contributed by atoms with Crippen LogP contribution in [0, 0.1) is 18.3 Å². The molecule has 2 heteroatoms. The summed E-state index contributed by atoms with van der Waals surface area (Å²) in [6.45, 7) is 9.21. The zero-order valence-corrected chi connectivity index (χ0v) is 14.2. The summed E-state index contributed by atoms with van der Waals surface area (Å²) >= 11 is 0. The lowest BCUT2D eigenvalue weighted by Crippen LogP contribution is -2.41. The molecule has 0 aliphatic heterocycles. The molecule has 21 heavy (non-hydrogen) atoms. The van der Waals surface area contributed by atoms with Gasteiger partial charge < -0.3 is 9.73 Å². The Kier molecular flexibility index (Phi) is 4.18. The van der Waals surface area contributed by atoms with Crippen LogP contribution in [0.25, 0.3) is 0 Å². The summed E-state index contributed by atoms with van der Waals surface area (Å²) in [5.41, 5.74) is 1.76. The number of rotatable bonds is 3. The van der Waals surface area contributed by atoms with Crippen molar-refractivity contribution in [1.29, 1.82) is 0 Å². The van der Waals surface area contributed by atoms with E-state index in [4.69, 9.17) is 4.42 Å². The molecule has 2 aliphatic carbocycles. The second kappa shape index (κ2) is 5.79. The maximum Gasteiger partial charge on any atom is 0.109 e. The largest absolute Gasteiger partial charge is 0.466 e. The van der Waals surface area contributed by atoms with Gasteiger partial charge in [0.25, 0.3) is 0 Å². The van der Waals surface area contributed by atoms with Crippen molar-refractivity contribution in [3.05, 3.63) is 23.2 Å². The van der Waals surface area contributed by atoms with Crippen LogP contribution >= 0.6 is 0 Å². The molecule has 1 aromatic rings. The predicted molar refractivity (Wildman–Crippen MR) is 87.5 cm³/mol. The van der Waals surface area contributed by atoms with Crippen molar-refractivity contribution >= 4 is 0 Å². The predicted octanol–water partition coefficient (Wildman–Crippen LogP) is 5.16. The van der Waals surface area contributed by atoms with Crippen LogP contribution in [0.5, 0.6) is 0 Å². The summed E-state index contributed by atoms with van der Waals surface area (Å²) in [5.74, 6) is 3.15. The van der Waals surface area contributed by atoms with E-state index in [2.05, 4.69) is 39.1 Å². The molecule has 0 amide bonds. The minimum Gasteiger partial charge on any atom is -0.466 e. The van der Waals surface area contributed by atoms with Crippen molar-refractivity contribution in [2.75, 3.05) is 0 Å². The van der Waals surface area contributed by atoms with E-state index in [-0.39, 0.29) is 0 Å². The Morgan fingerprint density at radius 2 is 1.95 bits per heavy atom. The van der Waals surface area contributed by atoms with Gasteiger partial charge in [-0.15, -0.1) is 0 Å². The molecule has 0 bridgehead atoms. The van der Waals surface area contributed by atoms with Gasteiger partial charge in [0, 0.05) is 24.1 Å². The van der Waals surface area contributed by atoms with Crippen molar-refractivity contribution in [2.45, 2.75) is 84.7 Å². The highest BCUT2D eigenvalue weighted by Crippen LogP contribution is 2.42. The number of hydrogen-bond donors (Lipinski definition) is 1. The molecular weight excluding hydrogens is 258 g/mol. The van der Waals surface area contributed by atoms with Crippen molar-refractivity contribution in [3.8, 4) is 0 Å². The Balaban J connectivity index is 1.74. The molecule has 2 atom stereocenters. The van der Waals surface area contributed by atoms with Gasteiger partial charge in [-0.05, 0) is 50.5 Å². The summed E-state index contributed by atoms with van der Waals surface area (Å²) < 4.78 is 5.96. The van der Waals surface area contributed by atoms with E-state index in [0.717, 1.165) is 18.1 Å². The van der Waals surface area contributed by atoms with E-state index in [9.17, 15) is 0 Å². The lowest BCUT2D eigenvalue weighted by atomic mass is 9.74. The Morgan fingerprint density at radius 3 is 2.67 bits per heavy atom. The summed E-state index contributed by atoms with van der Waals surface area (Å²) in [6, 6.07) is 3.35. The molecule has 3 rings (SSSR count). The van der Waals surface area contributed by atoms with Gasteiger partial charge in [0.15, 0.2) is 0 Å². The van der Waals surface area contributed by atoms with Crippen LogP contribution in [0.4, 0.5) is 0 Å². The summed E-state index contributed by atoms with van der Waals surface area (Å²) in [6.07, 6.45) is 9.38. The fourth-order valence-electron chi connectivity index (χ4n) is 4.42. The minimum absolute atomic E-state index is 0.335. The monoisotopic (exact) mass is 289 g/mol. The van der Waals surface area contributed by atoms with Gasteiger partial charge in [0.05, 0.1) is 0 Å². The number of nitrogens with one attached hydrogen (secondary N) is 1. The lowest BCUT2D eigenvalue weighted by molar-refractivity contribution is 0.199. The molecule has 0 saturated heterocycles. The first-order chi connectivity index (χ1) is 9.94. The summed E-state index contributed by atoms with van der Waals surface area (Å²) in [5, 5.41) is 3.95. The van der Waals surface area contributed by atoms with Gasteiger partial charge in [-0.3, -0.25) is 0 Å². The topological polar surface area (TPSA) is 25.2 Å². The molecule has 1 N–H and O–H groups in total. The molecule has 0 radical (unpaired) electrons. The normalized spacial score (nSPS) is 27.3. The van der Waals surface area contributed by atoms with Crippen LogP contribution in [0.1, 0.15) is 82.4 Å².